The van der Waals surface area contributed by atoms with E-state index in [0.29, 0.717) is 0 Å². The molecule has 1 aliphatic carbocycles. The number of allylic oxidation sites excluding steroid dienone is 8. The maximum atomic E-state index is 6.82. The van der Waals surface area contributed by atoms with Crippen LogP contribution in [0, 0.1) is 0 Å². The zero-order valence-corrected chi connectivity index (χ0v) is 23.8. The van der Waals surface area contributed by atoms with Crippen LogP contribution in [-0.2, 0) is 10.8 Å². The monoisotopic (exact) mass is 515 g/mol. The van der Waals surface area contributed by atoms with E-state index in [0.717, 1.165) is 5.03 Å². The van der Waals surface area contributed by atoms with Gasteiger partial charge in [-0.15, -0.1) is 0 Å². The van der Waals surface area contributed by atoms with Crippen molar-refractivity contribution in [2.75, 3.05) is 11.9 Å². The van der Waals surface area contributed by atoms with Gasteiger partial charge in [0.2, 0.25) is 0 Å². The predicted octanol–water partition coefficient (Wildman–Crippen LogP) is 10.0. The number of hydrogen-bond acceptors (Lipinski definition) is 1. The van der Waals surface area contributed by atoms with Crippen molar-refractivity contribution in [1.29, 1.82) is 0 Å². The van der Waals surface area contributed by atoms with Crippen molar-refractivity contribution >= 4 is 44.4 Å². The van der Waals surface area contributed by atoms with Crippen LogP contribution in [0.15, 0.2) is 113 Å². The van der Waals surface area contributed by atoms with Gasteiger partial charge in [0.05, 0.1) is 5.69 Å². The number of fused-ring (bicyclic) bond motifs is 6. The summed E-state index contributed by atoms with van der Waals surface area (Å²) >= 11 is 6.82. The quantitative estimate of drug-likeness (QED) is 0.245. The first-order chi connectivity index (χ1) is 18.1. The average Bonchev–Trinajstić information content (AvgIpc) is 3.23. The molecule has 190 valence electrons. The minimum absolute atomic E-state index is 0.0774. The van der Waals surface area contributed by atoms with Gasteiger partial charge in [0.1, 0.15) is 0 Å². The minimum Gasteiger partial charge on any atom is -0.347 e. The number of anilines is 1. The Labute approximate surface area is 231 Å². The SMILES string of the molecule is CC1=C(/C=C/C(Cl)=C/C=C2\N(C)c3c(ccc4ccccc34)C2(C)C)C(C)(C)c2ccc3ccccc3c21. The van der Waals surface area contributed by atoms with Crippen molar-refractivity contribution in [3.05, 3.63) is 130 Å². The molecule has 0 saturated carbocycles. The fraction of sp³-hybridized carbons (Fsp3) is 0.222. The maximum absolute atomic E-state index is 6.82. The molecule has 0 fully saturated rings. The van der Waals surface area contributed by atoms with Crippen molar-refractivity contribution in [2.45, 2.75) is 45.4 Å². The van der Waals surface area contributed by atoms with Crippen LogP contribution in [0.25, 0.3) is 27.1 Å². The Morgan fingerprint density at radius 1 is 0.763 bits per heavy atom. The highest BCUT2D eigenvalue weighted by Crippen LogP contribution is 2.51. The molecule has 4 aromatic rings. The maximum Gasteiger partial charge on any atom is 0.0527 e. The molecule has 0 saturated heterocycles. The summed E-state index contributed by atoms with van der Waals surface area (Å²) in [4.78, 5) is 2.33. The van der Waals surface area contributed by atoms with Crippen molar-refractivity contribution in [3.63, 3.8) is 0 Å². The van der Waals surface area contributed by atoms with E-state index < -0.39 is 0 Å². The van der Waals surface area contributed by atoms with Gasteiger partial charge >= 0.3 is 0 Å². The molecule has 0 atom stereocenters. The standard InChI is InChI=1S/C36H34ClN/c1-23-29(35(2,3)30-19-15-24-11-7-9-13-27(24)33(23)30)21-17-26(37)18-22-32-36(4,5)31-20-16-25-12-8-10-14-28(25)34(31)38(32)6/h7-22H,1-6H3/b21-17+,26-18-,32-22-. The molecule has 0 unspecified atom stereocenters. The largest absolute Gasteiger partial charge is 0.347 e. The summed E-state index contributed by atoms with van der Waals surface area (Å²) in [5, 5.41) is 5.89. The van der Waals surface area contributed by atoms with Crippen LogP contribution in [0.5, 0.6) is 0 Å². The minimum atomic E-state index is -0.110. The molecule has 2 aliphatic rings. The summed E-state index contributed by atoms with van der Waals surface area (Å²) in [6.45, 7) is 11.5. The number of rotatable bonds is 3. The summed E-state index contributed by atoms with van der Waals surface area (Å²) in [5.74, 6) is 0. The van der Waals surface area contributed by atoms with Crippen LogP contribution in [0.4, 0.5) is 5.69 Å². The molecular formula is C36H34ClN. The highest BCUT2D eigenvalue weighted by atomic mass is 35.5. The lowest BCUT2D eigenvalue weighted by atomic mass is 9.80. The Hall–Kier alpha value is -3.55. The molecule has 38 heavy (non-hydrogen) atoms. The van der Waals surface area contributed by atoms with Gasteiger partial charge in [-0.1, -0.05) is 118 Å². The van der Waals surface area contributed by atoms with E-state index in [1.54, 1.807) is 0 Å². The molecule has 0 amide bonds. The zero-order valence-electron chi connectivity index (χ0n) is 23.1. The van der Waals surface area contributed by atoms with E-state index in [9.17, 15) is 0 Å². The summed E-state index contributed by atoms with van der Waals surface area (Å²) in [6, 6.07) is 26.3. The molecule has 1 nitrogen and oxygen atoms in total. The van der Waals surface area contributed by atoms with Crippen LogP contribution >= 0.6 is 11.6 Å². The number of hydrogen-bond donors (Lipinski definition) is 0. The normalized spacial score (nSPS) is 19.3. The fourth-order valence-corrected chi connectivity index (χ4v) is 6.90. The second kappa shape index (κ2) is 8.75. The summed E-state index contributed by atoms with van der Waals surface area (Å²) in [6.07, 6.45) is 8.50. The second-order valence-corrected chi connectivity index (χ2v) is 12.1. The third-order valence-electron chi connectivity index (χ3n) is 8.78. The molecule has 0 N–H and O–H groups in total. The van der Waals surface area contributed by atoms with Crippen LogP contribution in [0.2, 0.25) is 0 Å². The van der Waals surface area contributed by atoms with Gasteiger partial charge in [0, 0.05) is 34.0 Å². The van der Waals surface area contributed by atoms with E-state index in [-0.39, 0.29) is 10.8 Å². The molecule has 0 radical (unpaired) electrons. The molecule has 1 heterocycles. The Balaban J connectivity index is 1.35. The smallest absolute Gasteiger partial charge is 0.0527 e. The molecule has 2 heteroatoms. The Morgan fingerprint density at radius 3 is 2.08 bits per heavy atom. The van der Waals surface area contributed by atoms with E-state index >= 15 is 0 Å². The van der Waals surface area contributed by atoms with E-state index in [1.165, 1.54) is 60.8 Å². The number of nitrogens with zero attached hydrogens (tertiary/aromatic N) is 1. The van der Waals surface area contributed by atoms with Crippen molar-refractivity contribution < 1.29 is 0 Å². The molecule has 0 bridgehead atoms. The van der Waals surface area contributed by atoms with Gasteiger partial charge in [-0.2, -0.15) is 0 Å². The molecule has 1 aliphatic heterocycles. The van der Waals surface area contributed by atoms with Gasteiger partial charge in [0.15, 0.2) is 0 Å². The summed E-state index contributed by atoms with van der Waals surface area (Å²) in [7, 11) is 2.17. The molecular weight excluding hydrogens is 482 g/mol. The van der Waals surface area contributed by atoms with E-state index in [1.807, 2.05) is 6.08 Å². The second-order valence-electron chi connectivity index (χ2n) is 11.7. The van der Waals surface area contributed by atoms with Crippen molar-refractivity contribution in [3.8, 4) is 0 Å². The summed E-state index contributed by atoms with van der Waals surface area (Å²) < 4.78 is 0. The molecule has 4 aromatic carbocycles. The van der Waals surface area contributed by atoms with Crippen LogP contribution in [-0.4, -0.2) is 7.05 Å². The Bertz CT molecular complexity index is 1740. The average molecular weight is 516 g/mol. The topological polar surface area (TPSA) is 3.24 Å². The van der Waals surface area contributed by atoms with Gasteiger partial charge < -0.3 is 4.90 Å². The number of benzene rings is 4. The van der Waals surface area contributed by atoms with E-state index in [2.05, 4.69) is 138 Å². The van der Waals surface area contributed by atoms with Crippen LogP contribution < -0.4 is 4.90 Å². The molecule has 0 aromatic heterocycles. The highest BCUT2D eigenvalue weighted by molar-refractivity contribution is 6.31. The highest BCUT2D eigenvalue weighted by Gasteiger charge is 2.39. The van der Waals surface area contributed by atoms with Crippen LogP contribution in [0.1, 0.15) is 51.3 Å². The predicted molar refractivity (Wildman–Crippen MR) is 166 cm³/mol. The van der Waals surface area contributed by atoms with Gasteiger partial charge in [-0.05, 0) is 69.1 Å². The first-order valence-corrected chi connectivity index (χ1v) is 13.8. The van der Waals surface area contributed by atoms with Crippen LogP contribution in [0.3, 0.4) is 0 Å². The lowest BCUT2D eigenvalue weighted by Crippen LogP contribution is -2.22. The molecule has 6 rings (SSSR count). The van der Waals surface area contributed by atoms with Crippen molar-refractivity contribution in [1.82, 2.24) is 0 Å². The number of likely N-dealkylation sites (N-methyl/N-ethyl adjacent to an activating group) is 1. The lowest BCUT2D eigenvalue weighted by Gasteiger charge is -2.24. The third-order valence-corrected chi connectivity index (χ3v) is 9.03. The Morgan fingerprint density at radius 2 is 1.37 bits per heavy atom. The summed E-state index contributed by atoms with van der Waals surface area (Å²) in [5.41, 5.74) is 9.10. The zero-order chi connectivity index (χ0) is 26.8. The first-order valence-electron chi connectivity index (χ1n) is 13.4. The van der Waals surface area contributed by atoms with Gasteiger partial charge in [-0.3, -0.25) is 0 Å². The van der Waals surface area contributed by atoms with Gasteiger partial charge in [-0.25, -0.2) is 0 Å². The van der Waals surface area contributed by atoms with Gasteiger partial charge in [0.25, 0.3) is 0 Å². The van der Waals surface area contributed by atoms with Crippen molar-refractivity contribution in [2.24, 2.45) is 0 Å². The molecule has 0 spiro atoms. The number of halogens is 1. The lowest BCUT2D eigenvalue weighted by molar-refractivity contribution is 0.640. The third kappa shape index (κ3) is 3.60. The first kappa shape index (κ1) is 24.8. The fourth-order valence-electron chi connectivity index (χ4n) is 6.77. The van der Waals surface area contributed by atoms with E-state index in [4.69, 9.17) is 11.6 Å². The Kier molecular flexibility index (Phi) is 5.70.